The molecule has 6 heteroatoms. The third-order valence-corrected chi connectivity index (χ3v) is 21.5. The third kappa shape index (κ3) is 5.41. The van der Waals surface area contributed by atoms with Crippen LogP contribution in [-0.4, -0.2) is 37.4 Å². The molecule has 5 nitrogen and oxygen atoms in total. The van der Waals surface area contributed by atoms with Gasteiger partial charge in [-0.25, -0.2) is 0 Å². The molecule has 0 unspecified atom stereocenters. The molecule has 0 amide bonds. The standard InChI is InChI=1S/C20H30O5.3C6H5.Sb/c1-12(2)18(23)25-10-9-24-14-11-13(19(3,4)5)16(21)17(22)15(14)20(6,7)8;3*1-2-4-6-5-3-1;/h11,21-22H,1,9-10H2,2-8H3;3*1-5H;/q;;;;+2/p-2. The van der Waals surface area contributed by atoms with Crippen molar-refractivity contribution in [3.05, 3.63) is 120 Å². The van der Waals surface area contributed by atoms with Crippen molar-refractivity contribution in [2.24, 2.45) is 0 Å². The number of esters is 1. The Morgan fingerprint density at radius 2 is 1.16 bits per heavy atom. The average Bonchev–Trinajstić information content (AvgIpc) is 3.37. The summed E-state index contributed by atoms with van der Waals surface area (Å²) in [5.74, 6) is 1.75. The molecule has 5 rings (SSSR count). The Labute approximate surface area is 264 Å². The van der Waals surface area contributed by atoms with Crippen molar-refractivity contribution in [1.82, 2.24) is 0 Å². The molecule has 0 radical (unpaired) electrons. The number of hydrogen-bond acceptors (Lipinski definition) is 5. The summed E-state index contributed by atoms with van der Waals surface area (Å²) in [6, 6.07) is 33.4. The summed E-state index contributed by atoms with van der Waals surface area (Å²) in [7, 11) is 0. The zero-order chi connectivity index (χ0) is 31.8. The van der Waals surface area contributed by atoms with Gasteiger partial charge in [-0.3, -0.25) is 0 Å². The second-order valence-corrected chi connectivity index (χ2v) is 24.3. The van der Waals surface area contributed by atoms with E-state index in [1.807, 2.05) is 18.2 Å². The SMILES string of the molecule is C=C(C)C(=O)OCCOc1cc(C(C)(C)C)c2c(c1C(C)(C)C)[O][Sb]([c]1ccccc1)([c]1ccccc1)([c]1ccccc1)[O]2. The molecule has 4 aromatic rings. The molecule has 4 aromatic carbocycles. The fourth-order valence-electron chi connectivity index (χ4n) is 5.81. The minimum atomic E-state index is -5.29. The van der Waals surface area contributed by atoms with Crippen molar-refractivity contribution in [3.8, 4) is 17.2 Å². The van der Waals surface area contributed by atoms with E-state index < -0.39 is 24.2 Å². The Balaban J connectivity index is 1.82. The van der Waals surface area contributed by atoms with E-state index in [1.54, 1.807) is 6.92 Å². The molecule has 1 aliphatic rings. The van der Waals surface area contributed by atoms with Gasteiger partial charge in [0.2, 0.25) is 0 Å². The molecule has 44 heavy (non-hydrogen) atoms. The molecule has 0 aliphatic carbocycles. The van der Waals surface area contributed by atoms with Gasteiger partial charge in [-0.05, 0) is 0 Å². The summed E-state index contributed by atoms with van der Waals surface area (Å²) >= 11 is -5.29. The molecule has 1 aliphatic heterocycles. The van der Waals surface area contributed by atoms with Crippen molar-refractivity contribution >= 4 is 34.7 Å². The predicted octanol–water partition coefficient (Wildman–Crippen LogP) is 6.67. The van der Waals surface area contributed by atoms with E-state index in [0.29, 0.717) is 11.3 Å². The van der Waals surface area contributed by atoms with Gasteiger partial charge in [0.25, 0.3) is 0 Å². The maximum absolute atomic E-state index is 12.0. The van der Waals surface area contributed by atoms with Crippen LogP contribution in [0.25, 0.3) is 0 Å². The van der Waals surface area contributed by atoms with Crippen molar-refractivity contribution in [2.75, 3.05) is 13.2 Å². The number of carbonyl (C=O) groups is 1. The molecule has 0 saturated heterocycles. The van der Waals surface area contributed by atoms with Crippen LogP contribution in [0.2, 0.25) is 0 Å². The van der Waals surface area contributed by atoms with Crippen molar-refractivity contribution in [2.45, 2.75) is 59.3 Å². The van der Waals surface area contributed by atoms with E-state index in [1.165, 1.54) is 0 Å². The number of carbonyl (C=O) groups excluding carboxylic acids is 1. The van der Waals surface area contributed by atoms with Crippen molar-refractivity contribution in [3.63, 3.8) is 0 Å². The van der Waals surface area contributed by atoms with Crippen LogP contribution in [0.5, 0.6) is 17.2 Å². The Hall–Kier alpha value is -3.69. The van der Waals surface area contributed by atoms with Crippen LogP contribution in [0.4, 0.5) is 0 Å². The number of rotatable bonds is 8. The van der Waals surface area contributed by atoms with Gasteiger partial charge in [-0.15, -0.1) is 0 Å². The van der Waals surface area contributed by atoms with E-state index >= 15 is 0 Å². The van der Waals surface area contributed by atoms with Crippen LogP contribution in [0, 0.1) is 0 Å². The predicted molar refractivity (Wildman–Crippen MR) is 180 cm³/mol. The topological polar surface area (TPSA) is 54.0 Å². The molecule has 0 fully saturated rings. The number of ether oxygens (including phenoxy) is 2. The normalized spacial score (nSPS) is 15.9. The van der Waals surface area contributed by atoms with E-state index in [4.69, 9.17) is 15.5 Å². The van der Waals surface area contributed by atoms with Crippen LogP contribution in [-0.2, 0) is 20.4 Å². The summed E-state index contributed by atoms with van der Waals surface area (Å²) in [6.45, 7) is 18.6. The summed E-state index contributed by atoms with van der Waals surface area (Å²) in [5.41, 5.74) is 1.59. The van der Waals surface area contributed by atoms with Crippen LogP contribution in [0.3, 0.4) is 0 Å². The van der Waals surface area contributed by atoms with Crippen molar-refractivity contribution in [1.29, 1.82) is 0 Å². The quantitative estimate of drug-likeness (QED) is 0.0890. The Morgan fingerprint density at radius 1 is 0.705 bits per heavy atom. The molecule has 0 spiro atoms. The zero-order valence-corrected chi connectivity index (χ0v) is 29.4. The average molecular weight is 702 g/mol. The van der Waals surface area contributed by atoms with Gasteiger partial charge < -0.3 is 0 Å². The van der Waals surface area contributed by atoms with E-state index in [-0.39, 0.29) is 24.0 Å². The summed E-state index contributed by atoms with van der Waals surface area (Å²) in [6.07, 6.45) is 0. The second-order valence-electron chi connectivity index (χ2n) is 13.4. The third-order valence-electron chi connectivity index (χ3n) is 7.89. The molecular formula is C38H43O5Sb. The van der Waals surface area contributed by atoms with Crippen LogP contribution >= 0.6 is 0 Å². The molecule has 0 aromatic heterocycles. The Kier molecular flexibility index (Phi) is 8.41. The molecule has 1 heterocycles. The zero-order valence-electron chi connectivity index (χ0n) is 26.8. The van der Waals surface area contributed by atoms with Crippen LogP contribution < -0.4 is 21.3 Å². The first-order valence-corrected chi connectivity index (χ1v) is 21.0. The number of hydrogen-bond donors (Lipinski definition) is 0. The maximum atomic E-state index is 12.0. The van der Waals surface area contributed by atoms with Gasteiger partial charge in [0.1, 0.15) is 0 Å². The van der Waals surface area contributed by atoms with Gasteiger partial charge >= 0.3 is 265 Å². The van der Waals surface area contributed by atoms with Gasteiger partial charge in [-0.2, -0.15) is 0 Å². The first kappa shape index (κ1) is 31.7. The second kappa shape index (κ2) is 11.7. The van der Waals surface area contributed by atoms with Crippen LogP contribution in [0.15, 0.2) is 109 Å². The first-order valence-electron chi connectivity index (χ1n) is 15.0. The van der Waals surface area contributed by atoms with E-state index in [2.05, 4.69) is 127 Å². The number of fused-ring (bicyclic) bond motifs is 1. The molecule has 0 N–H and O–H groups in total. The summed E-state index contributed by atoms with van der Waals surface area (Å²) in [4.78, 5) is 12.0. The van der Waals surface area contributed by atoms with Gasteiger partial charge in [0, 0.05) is 0 Å². The Morgan fingerprint density at radius 3 is 1.57 bits per heavy atom. The summed E-state index contributed by atoms with van der Waals surface area (Å²) < 4.78 is 30.4. The van der Waals surface area contributed by atoms with E-state index in [0.717, 1.165) is 33.2 Å². The first-order chi connectivity index (χ1) is 20.8. The van der Waals surface area contributed by atoms with E-state index in [9.17, 15) is 4.79 Å². The fourth-order valence-corrected chi connectivity index (χ4v) is 19.4. The van der Waals surface area contributed by atoms with Crippen LogP contribution in [0.1, 0.15) is 59.6 Å². The Bertz CT molecular complexity index is 1570. The molecule has 0 bridgehead atoms. The molecule has 0 saturated carbocycles. The van der Waals surface area contributed by atoms with Gasteiger partial charge in [-0.1, -0.05) is 0 Å². The monoisotopic (exact) mass is 700 g/mol. The molecule has 0 atom stereocenters. The molecule has 230 valence electrons. The number of benzene rings is 4. The summed E-state index contributed by atoms with van der Waals surface area (Å²) in [5, 5.41) is 0. The minimum absolute atomic E-state index is 0.108. The van der Waals surface area contributed by atoms with Gasteiger partial charge in [0.15, 0.2) is 0 Å². The van der Waals surface area contributed by atoms with Crippen molar-refractivity contribution < 1.29 is 20.3 Å². The fraction of sp³-hybridized carbons (Fsp3) is 0.289. The molecular weight excluding hydrogens is 658 g/mol. The van der Waals surface area contributed by atoms with Gasteiger partial charge in [0.05, 0.1) is 0 Å².